The van der Waals surface area contributed by atoms with Crippen LogP contribution < -0.4 is 9.80 Å². The van der Waals surface area contributed by atoms with E-state index >= 15 is 0 Å². The third-order valence-electron chi connectivity index (χ3n) is 15.0. The molecule has 0 bridgehead atoms. The van der Waals surface area contributed by atoms with Gasteiger partial charge in [0.1, 0.15) is 0 Å². The molecule has 14 rings (SSSR count). The molecule has 0 fully saturated rings. The first-order chi connectivity index (χ1) is 33.0. The van der Waals surface area contributed by atoms with Crippen molar-refractivity contribution >= 4 is 65.6 Å². The lowest BCUT2D eigenvalue weighted by Crippen LogP contribution is -2.36. The molecule has 10 aromatic carbocycles. The molecule has 3 aliphatic rings. The SMILES string of the molecule is CC1(C)c2ccccc2-c2cc(N(c3cccc(-c4ccccc4)c3)c3ccc4c(c3)C3(c5ccccc5-c5ccccc53)c3ccccc3N4c3ccc4sc5ccccc5c4c3)ccc21. The maximum Gasteiger partial charge on any atom is 0.0755 e. The van der Waals surface area contributed by atoms with E-state index in [1.807, 2.05) is 11.3 Å². The Kier molecular flexibility index (Phi) is 8.15. The molecular formula is C64H44N2S. The lowest BCUT2D eigenvalue weighted by Gasteiger charge is -2.45. The first-order valence-electron chi connectivity index (χ1n) is 23.3. The summed E-state index contributed by atoms with van der Waals surface area (Å²) in [5, 5.41) is 2.59. The standard InChI is InChI=1S/C64H44N2S/c1-63(2)53-25-10-6-23-49(53)51-38-44(31-34-54(51)63)65(43-20-16-19-42(37-43)41-17-4-3-5-18-41)46-32-35-60-58(40-46)64(55-26-11-7-21-47(55)48-22-8-12-27-56(48)64)57-28-13-14-29-59(57)66(60)45-33-36-62-52(39-45)50-24-9-15-30-61(50)67-62/h3-40H,1-2H3. The Hall–Kier alpha value is -7.98. The van der Waals surface area contributed by atoms with Gasteiger partial charge in [-0.25, -0.2) is 0 Å². The zero-order chi connectivity index (χ0) is 44.4. The van der Waals surface area contributed by atoms with Gasteiger partial charge >= 0.3 is 0 Å². The minimum Gasteiger partial charge on any atom is -0.310 e. The second-order valence-corrected chi connectivity index (χ2v) is 19.9. The van der Waals surface area contributed by atoms with Crippen molar-refractivity contribution in [2.24, 2.45) is 0 Å². The number of para-hydroxylation sites is 1. The predicted molar refractivity (Wildman–Crippen MR) is 283 cm³/mol. The molecule has 0 saturated carbocycles. The molecule has 0 amide bonds. The topological polar surface area (TPSA) is 6.48 Å². The monoisotopic (exact) mass is 872 g/mol. The summed E-state index contributed by atoms with van der Waals surface area (Å²) in [6.07, 6.45) is 0. The smallest absolute Gasteiger partial charge is 0.0755 e. The Balaban J connectivity index is 1.06. The highest BCUT2D eigenvalue weighted by molar-refractivity contribution is 7.25. The van der Waals surface area contributed by atoms with Crippen LogP contribution in [0.3, 0.4) is 0 Å². The lowest BCUT2D eigenvalue weighted by molar-refractivity contribution is 0.660. The van der Waals surface area contributed by atoms with Crippen LogP contribution in [0.1, 0.15) is 47.2 Å². The number of benzene rings is 10. The van der Waals surface area contributed by atoms with E-state index in [0.717, 1.165) is 22.7 Å². The Morgan fingerprint density at radius 2 is 0.925 bits per heavy atom. The van der Waals surface area contributed by atoms with E-state index < -0.39 is 5.41 Å². The van der Waals surface area contributed by atoms with E-state index in [-0.39, 0.29) is 5.41 Å². The van der Waals surface area contributed by atoms with Crippen molar-refractivity contribution < 1.29 is 0 Å². The number of anilines is 6. The van der Waals surface area contributed by atoms with Crippen LogP contribution in [0.5, 0.6) is 0 Å². The molecule has 11 aromatic rings. The minimum absolute atomic E-state index is 0.0981. The molecule has 67 heavy (non-hydrogen) atoms. The molecule has 2 heterocycles. The van der Waals surface area contributed by atoms with Gasteiger partial charge in [-0.15, -0.1) is 11.3 Å². The van der Waals surface area contributed by atoms with Crippen LogP contribution in [0, 0.1) is 0 Å². The Morgan fingerprint density at radius 3 is 1.72 bits per heavy atom. The fourth-order valence-electron chi connectivity index (χ4n) is 12.1. The zero-order valence-electron chi connectivity index (χ0n) is 37.2. The molecule has 316 valence electrons. The van der Waals surface area contributed by atoms with E-state index in [9.17, 15) is 0 Å². The van der Waals surface area contributed by atoms with Crippen LogP contribution in [0.4, 0.5) is 34.1 Å². The average molecular weight is 873 g/mol. The van der Waals surface area contributed by atoms with Gasteiger partial charge in [-0.2, -0.15) is 0 Å². The second kappa shape index (κ2) is 14.3. The van der Waals surface area contributed by atoms with Crippen molar-refractivity contribution in [3.63, 3.8) is 0 Å². The molecule has 0 saturated heterocycles. The van der Waals surface area contributed by atoms with Crippen molar-refractivity contribution in [1.29, 1.82) is 0 Å². The van der Waals surface area contributed by atoms with Gasteiger partial charge in [0.05, 0.1) is 16.8 Å². The first-order valence-corrected chi connectivity index (χ1v) is 24.1. The van der Waals surface area contributed by atoms with Crippen molar-refractivity contribution in [2.45, 2.75) is 24.7 Å². The van der Waals surface area contributed by atoms with Gasteiger partial charge in [0.15, 0.2) is 0 Å². The van der Waals surface area contributed by atoms with Gasteiger partial charge in [0, 0.05) is 48.3 Å². The van der Waals surface area contributed by atoms with Crippen molar-refractivity contribution in [3.05, 3.63) is 264 Å². The van der Waals surface area contributed by atoms with E-state index in [4.69, 9.17) is 0 Å². The summed E-state index contributed by atoms with van der Waals surface area (Å²) in [6, 6.07) is 86.5. The van der Waals surface area contributed by atoms with Crippen LogP contribution in [-0.2, 0) is 10.8 Å². The highest BCUT2D eigenvalue weighted by Crippen LogP contribution is 2.64. The highest BCUT2D eigenvalue weighted by atomic mass is 32.1. The molecular weight excluding hydrogens is 829 g/mol. The summed E-state index contributed by atoms with van der Waals surface area (Å²) in [7, 11) is 0. The van der Waals surface area contributed by atoms with Gasteiger partial charge in [0.25, 0.3) is 0 Å². The van der Waals surface area contributed by atoms with Crippen LogP contribution in [-0.4, -0.2) is 0 Å². The molecule has 0 atom stereocenters. The molecule has 1 spiro atoms. The van der Waals surface area contributed by atoms with Crippen LogP contribution in [0.25, 0.3) is 53.6 Å². The van der Waals surface area contributed by atoms with Crippen molar-refractivity contribution in [1.82, 2.24) is 0 Å². The summed E-state index contributed by atoms with van der Waals surface area (Å²) in [5.41, 5.74) is 21.6. The quantitative estimate of drug-likeness (QED) is 0.170. The normalized spacial score (nSPS) is 14.3. The summed E-state index contributed by atoms with van der Waals surface area (Å²) in [6.45, 7) is 4.72. The van der Waals surface area contributed by atoms with E-state index in [2.05, 4.69) is 254 Å². The number of thiophene rings is 1. The molecule has 3 heteroatoms. The maximum atomic E-state index is 2.53. The summed E-state index contributed by atoms with van der Waals surface area (Å²) < 4.78 is 2.61. The molecule has 2 nitrogen and oxygen atoms in total. The second-order valence-electron chi connectivity index (χ2n) is 18.8. The van der Waals surface area contributed by atoms with Gasteiger partial charge in [-0.3, -0.25) is 0 Å². The third kappa shape index (κ3) is 5.38. The number of fused-ring (bicyclic) bond motifs is 15. The molecule has 2 aliphatic carbocycles. The molecule has 0 radical (unpaired) electrons. The first kappa shape index (κ1) is 38.3. The number of hydrogen-bond acceptors (Lipinski definition) is 3. The van der Waals surface area contributed by atoms with Crippen molar-refractivity contribution in [2.75, 3.05) is 9.80 Å². The maximum absolute atomic E-state index is 2.53. The van der Waals surface area contributed by atoms with E-state index in [1.54, 1.807) is 0 Å². The Morgan fingerprint density at radius 1 is 0.358 bits per heavy atom. The molecule has 1 aliphatic heterocycles. The highest BCUT2D eigenvalue weighted by Gasteiger charge is 2.52. The fourth-order valence-corrected chi connectivity index (χ4v) is 13.2. The van der Waals surface area contributed by atoms with Gasteiger partial charge in [-0.1, -0.05) is 172 Å². The lowest BCUT2D eigenvalue weighted by atomic mass is 9.64. The molecule has 1 aromatic heterocycles. The largest absolute Gasteiger partial charge is 0.310 e. The van der Waals surface area contributed by atoms with Gasteiger partial charge < -0.3 is 9.80 Å². The van der Waals surface area contributed by atoms with Gasteiger partial charge in [0.2, 0.25) is 0 Å². The predicted octanol–water partition coefficient (Wildman–Crippen LogP) is 17.6. The number of rotatable bonds is 5. The van der Waals surface area contributed by atoms with E-state index in [1.165, 1.54) is 98.3 Å². The average Bonchev–Trinajstić information content (AvgIpc) is 3.98. The fraction of sp³-hybridized carbons (Fsp3) is 0.0625. The van der Waals surface area contributed by atoms with Crippen LogP contribution >= 0.6 is 11.3 Å². The van der Waals surface area contributed by atoms with Gasteiger partial charge in [-0.05, 0) is 140 Å². The van der Waals surface area contributed by atoms with E-state index in [0.29, 0.717) is 0 Å². The number of hydrogen-bond donors (Lipinski definition) is 0. The zero-order valence-corrected chi connectivity index (χ0v) is 38.1. The third-order valence-corrected chi connectivity index (χ3v) is 16.2. The summed E-state index contributed by atoms with van der Waals surface area (Å²) in [5.74, 6) is 0. The Labute approximate surface area is 395 Å². The Bertz CT molecular complexity index is 3770. The summed E-state index contributed by atoms with van der Waals surface area (Å²) in [4.78, 5) is 5.03. The minimum atomic E-state index is -0.594. The van der Waals surface area contributed by atoms with Crippen LogP contribution in [0.2, 0.25) is 0 Å². The van der Waals surface area contributed by atoms with Crippen LogP contribution in [0.15, 0.2) is 231 Å². The van der Waals surface area contributed by atoms with Crippen molar-refractivity contribution in [3.8, 4) is 33.4 Å². The number of nitrogens with zero attached hydrogens (tertiary/aromatic N) is 2. The molecule has 0 N–H and O–H groups in total. The summed E-state index contributed by atoms with van der Waals surface area (Å²) >= 11 is 1.87. The molecule has 0 unspecified atom stereocenters.